The molecule has 0 aliphatic carbocycles. The monoisotopic (exact) mass is 324 g/mol. The van der Waals surface area contributed by atoms with E-state index in [2.05, 4.69) is 20.7 Å². The molecule has 1 aliphatic rings. The van der Waals surface area contributed by atoms with Crippen molar-refractivity contribution in [3.8, 4) is 5.75 Å². The Hall–Kier alpha value is -0.750. The second-order valence-electron chi connectivity index (χ2n) is 4.07. The van der Waals surface area contributed by atoms with E-state index < -0.39 is 6.36 Å². The molecule has 100 valence electrons. The van der Waals surface area contributed by atoms with Crippen molar-refractivity contribution >= 4 is 15.9 Å². The maximum atomic E-state index is 12.0. The van der Waals surface area contributed by atoms with Crippen LogP contribution in [0.15, 0.2) is 24.3 Å². The molecule has 18 heavy (non-hydrogen) atoms. The maximum Gasteiger partial charge on any atom is 0.573 e. The Balaban J connectivity index is 2.02. The third kappa shape index (κ3) is 3.62. The molecule has 1 aromatic carbocycles. The summed E-state index contributed by atoms with van der Waals surface area (Å²) in [4.78, 5) is -0.0000586. The van der Waals surface area contributed by atoms with Gasteiger partial charge in [-0.25, -0.2) is 0 Å². The Bertz CT molecular complexity index is 385. The minimum absolute atomic E-state index is 0.0000586. The van der Waals surface area contributed by atoms with Gasteiger partial charge in [-0.3, -0.25) is 0 Å². The first kappa shape index (κ1) is 13.7. The zero-order valence-corrected chi connectivity index (χ0v) is 11.0. The van der Waals surface area contributed by atoms with Crippen molar-refractivity contribution in [2.75, 3.05) is 6.61 Å². The van der Waals surface area contributed by atoms with Crippen LogP contribution in [0.25, 0.3) is 0 Å². The molecule has 0 amide bonds. The van der Waals surface area contributed by atoms with E-state index in [1.165, 1.54) is 12.1 Å². The van der Waals surface area contributed by atoms with Crippen LogP contribution in [0, 0.1) is 0 Å². The number of halogens is 4. The van der Waals surface area contributed by atoms with E-state index in [4.69, 9.17) is 4.74 Å². The van der Waals surface area contributed by atoms with Gasteiger partial charge in [0.15, 0.2) is 0 Å². The highest BCUT2D eigenvalue weighted by Crippen LogP contribution is 2.35. The summed E-state index contributed by atoms with van der Waals surface area (Å²) in [6, 6.07) is 5.85. The molecule has 1 aliphatic heterocycles. The third-order valence-electron chi connectivity index (χ3n) is 2.72. The highest BCUT2D eigenvalue weighted by Gasteiger charge is 2.31. The van der Waals surface area contributed by atoms with Crippen LogP contribution in [-0.2, 0) is 4.74 Å². The molecule has 0 unspecified atom stereocenters. The molecule has 0 N–H and O–H groups in total. The molecule has 2 atom stereocenters. The highest BCUT2D eigenvalue weighted by molar-refractivity contribution is 9.09. The van der Waals surface area contributed by atoms with Gasteiger partial charge in [0.1, 0.15) is 5.75 Å². The SMILES string of the molecule is FC(F)(F)Oc1ccc([C@@H](Br)[C@H]2CCCO2)cc1. The summed E-state index contributed by atoms with van der Waals surface area (Å²) in [5, 5.41) is 0. The van der Waals surface area contributed by atoms with Gasteiger partial charge in [-0.2, -0.15) is 0 Å². The van der Waals surface area contributed by atoms with Crippen LogP contribution in [0.1, 0.15) is 23.2 Å². The lowest BCUT2D eigenvalue weighted by molar-refractivity contribution is -0.274. The molecule has 0 spiro atoms. The zero-order valence-electron chi connectivity index (χ0n) is 9.41. The number of benzene rings is 1. The molecule has 0 aromatic heterocycles. The van der Waals surface area contributed by atoms with Gasteiger partial charge in [0.2, 0.25) is 0 Å². The smallest absolute Gasteiger partial charge is 0.406 e. The summed E-state index contributed by atoms with van der Waals surface area (Å²) in [5.74, 6) is -0.210. The summed E-state index contributed by atoms with van der Waals surface area (Å²) in [7, 11) is 0. The van der Waals surface area contributed by atoms with Gasteiger partial charge in [0.05, 0.1) is 10.9 Å². The van der Waals surface area contributed by atoms with Crippen LogP contribution in [0.3, 0.4) is 0 Å². The second-order valence-corrected chi connectivity index (χ2v) is 5.06. The van der Waals surface area contributed by atoms with Gasteiger partial charge < -0.3 is 9.47 Å². The average molecular weight is 325 g/mol. The summed E-state index contributed by atoms with van der Waals surface area (Å²) >= 11 is 3.51. The molecular formula is C12H12BrF3O2. The topological polar surface area (TPSA) is 18.5 Å². The number of rotatable bonds is 3. The Morgan fingerprint density at radius 1 is 1.28 bits per heavy atom. The van der Waals surface area contributed by atoms with E-state index in [9.17, 15) is 13.2 Å². The minimum atomic E-state index is -4.65. The summed E-state index contributed by atoms with van der Waals surface area (Å²) in [6.45, 7) is 0.738. The molecular weight excluding hydrogens is 313 g/mol. The predicted octanol–water partition coefficient (Wildman–Crippen LogP) is 4.20. The molecule has 0 radical (unpaired) electrons. The molecule has 1 saturated heterocycles. The van der Waals surface area contributed by atoms with Crippen molar-refractivity contribution in [3.05, 3.63) is 29.8 Å². The van der Waals surface area contributed by atoms with Crippen LogP contribution < -0.4 is 4.74 Å². The first-order valence-corrected chi connectivity index (χ1v) is 6.49. The first-order chi connectivity index (χ1) is 8.46. The fraction of sp³-hybridized carbons (Fsp3) is 0.500. The van der Waals surface area contributed by atoms with E-state index >= 15 is 0 Å². The Morgan fingerprint density at radius 3 is 2.44 bits per heavy atom. The van der Waals surface area contributed by atoms with Gasteiger partial charge in [-0.15, -0.1) is 13.2 Å². The fourth-order valence-electron chi connectivity index (χ4n) is 1.90. The largest absolute Gasteiger partial charge is 0.573 e. The summed E-state index contributed by atoms with van der Waals surface area (Å²) < 4.78 is 45.3. The van der Waals surface area contributed by atoms with E-state index in [0.717, 1.165) is 25.0 Å². The number of hydrogen-bond acceptors (Lipinski definition) is 2. The third-order valence-corrected chi connectivity index (χ3v) is 3.84. The van der Waals surface area contributed by atoms with Crippen molar-refractivity contribution in [3.63, 3.8) is 0 Å². The van der Waals surface area contributed by atoms with Crippen molar-refractivity contribution in [2.45, 2.75) is 30.1 Å². The standard InChI is InChI=1S/C12H12BrF3O2/c13-11(10-2-1-7-17-10)8-3-5-9(6-4-8)18-12(14,15)16/h3-6,10-11H,1-2,7H2/t10-,11-/m1/s1. The lowest BCUT2D eigenvalue weighted by Gasteiger charge is -2.17. The predicted molar refractivity (Wildman–Crippen MR) is 63.8 cm³/mol. The zero-order chi connectivity index (χ0) is 13.2. The number of ether oxygens (including phenoxy) is 2. The fourth-order valence-corrected chi connectivity index (χ4v) is 2.62. The molecule has 0 bridgehead atoms. The van der Waals surface area contributed by atoms with Gasteiger partial charge in [-0.05, 0) is 30.5 Å². The Labute approximate surface area is 111 Å². The van der Waals surface area contributed by atoms with E-state index in [-0.39, 0.29) is 16.7 Å². The van der Waals surface area contributed by atoms with Gasteiger partial charge >= 0.3 is 6.36 Å². The van der Waals surface area contributed by atoms with Crippen LogP contribution in [0.5, 0.6) is 5.75 Å². The first-order valence-electron chi connectivity index (χ1n) is 5.57. The molecule has 2 nitrogen and oxygen atoms in total. The normalized spacial score (nSPS) is 21.9. The summed E-state index contributed by atoms with van der Waals surface area (Å²) in [5.41, 5.74) is 0.886. The van der Waals surface area contributed by atoms with Crippen molar-refractivity contribution in [1.82, 2.24) is 0 Å². The molecule has 2 rings (SSSR count). The number of hydrogen-bond donors (Lipinski definition) is 0. The lowest BCUT2D eigenvalue weighted by atomic mass is 10.1. The Morgan fingerprint density at radius 2 is 1.94 bits per heavy atom. The van der Waals surface area contributed by atoms with Crippen LogP contribution in [0.4, 0.5) is 13.2 Å². The second kappa shape index (κ2) is 5.48. The van der Waals surface area contributed by atoms with Crippen LogP contribution in [0.2, 0.25) is 0 Å². The van der Waals surface area contributed by atoms with E-state index in [1.54, 1.807) is 12.1 Å². The summed E-state index contributed by atoms with van der Waals surface area (Å²) in [6.07, 6.45) is -2.60. The minimum Gasteiger partial charge on any atom is -0.406 e. The quantitative estimate of drug-likeness (QED) is 0.776. The van der Waals surface area contributed by atoms with Gasteiger partial charge in [0, 0.05) is 6.61 Å². The van der Waals surface area contributed by atoms with Crippen LogP contribution >= 0.6 is 15.9 Å². The van der Waals surface area contributed by atoms with Gasteiger partial charge in [-0.1, -0.05) is 28.1 Å². The number of alkyl halides is 4. The molecule has 1 fully saturated rings. The molecule has 0 saturated carbocycles. The van der Waals surface area contributed by atoms with E-state index in [1.807, 2.05) is 0 Å². The highest BCUT2D eigenvalue weighted by atomic mass is 79.9. The van der Waals surface area contributed by atoms with Gasteiger partial charge in [0.25, 0.3) is 0 Å². The van der Waals surface area contributed by atoms with Crippen LogP contribution in [-0.4, -0.2) is 19.1 Å². The Kier molecular flexibility index (Phi) is 4.17. The van der Waals surface area contributed by atoms with Crippen molar-refractivity contribution in [1.29, 1.82) is 0 Å². The average Bonchev–Trinajstić information content (AvgIpc) is 2.80. The lowest BCUT2D eigenvalue weighted by Crippen LogP contribution is -2.17. The molecule has 1 heterocycles. The molecule has 6 heteroatoms. The van der Waals surface area contributed by atoms with E-state index in [0.29, 0.717) is 0 Å². The molecule has 1 aromatic rings. The van der Waals surface area contributed by atoms with Crippen molar-refractivity contribution < 1.29 is 22.6 Å². The maximum absolute atomic E-state index is 12.0. The van der Waals surface area contributed by atoms with Crippen molar-refractivity contribution in [2.24, 2.45) is 0 Å².